The molecule has 1 aromatic heterocycles. The number of fused-ring (bicyclic) bond motifs is 1. The number of para-hydroxylation sites is 1. The van der Waals surface area contributed by atoms with E-state index in [-0.39, 0.29) is 0 Å². The van der Waals surface area contributed by atoms with Crippen molar-refractivity contribution in [1.29, 1.82) is 0 Å². The molecular formula is C15H21N3. The largest absolute Gasteiger partial charge is 0.311 e. The SMILES string of the molecule is CC(CNCc1cccc2cccnc12)N(C)C. The van der Waals surface area contributed by atoms with Gasteiger partial charge < -0.3 is 10.2 Å². The van der Waals surface area contributed by atoms with E-state index < -0.39 is 0 Å². The average molecular weight is 243 g/mol. The molecule has 0 spiro atoms. The lowest BCUT2D eigenvalue weighted by Gasteiger charge is -2.20. The van der Waals surface area contributed by atoms with Crippen LogP contribution < -0.4 is 5.32 Å². The molecule has 1 aromatic carbocycles. The van der Waals surface area contributed by atoms with Crippen molar-refractivity contribution in [3.63, 3.8) is 0 Å². The van der Waals surface area contributed by atoms with Crippen molar-refractivity contribution in [1.82, 2.24) is 15.2 Å². The van der Waals surface area contributed by atoms with E-state index in [4.69, 9.17) is 0 Å². The molecule has 1 N–H and O–H groups in total. The minimum atomic E-state index is 0.535. The average Bonchev–Trinajstić information content (AvgIpc) is 2.38. The summed E-state index contributed by atoms with van der Waals surface area (Å²) in [7, 11) is 4.21. The molecule has 0 bridgehead atoms. The summed E-state index contributed by atoms with van der Waals surface area (Å²) in [4.78, 5) is 6.68. The topological polar surface area (TPSA) is 28.2 Å². The van der Waals surface area contributed by atoms with Gasteiger partial charge in [0.15, 0.2) is 0 Å². The van der Waals surface area contributed by atoms with E-state index in [9.17, 15) is 0 Å². The molecule has 2 aromatic rings. The summed E-state index contributed by atoms with van der Waals surface area (Å²) in [5.41, 5.74) is 2.36. The van der Waals surface area contributed by atoms with Crippen molar-refractivity contribution in [3.05, 3.63) is 42.1 Å². The molecule has 0 amide bonds. The highest BCUT2D eigenvalue weighted by molar-refractivity contribution is 5.81. The Labute approximate surface area is 109 Å². The van der Waals surface area contributed by atoms with Gasteiger partial charge in [-0.05, 0) is 32.6 Å². The van der Waals surface area contributed by atoms with E-state index in [0.29, 0.717) is 6.04 Å². The molecule has 2 rings (SSSR count). The van der Waals surface area contributed by atoms with E-state index in [0.717, 1.165) is 18.6 Å². The molecule has 0 aliphatic heterocycles. The van der Waals surface area contributed by atoms with Crippen molar-refractivity contribution in [3.8, 4) is 0 Å². The van der Waals surface area contributed by atoms with E-state index in [1.54, 1.807) is 0 Å². The van der Waals surface area contributed by atoms with Gasteiger partial charge in [-0.15, -0.1) is 0 Å². The molecule has 1 atom stereocenters. The first-order valence-corrected chi connectivity index (χ1v) is 6.38. The smallest absolute Gasteiger partial charge is 0.0746 e. The van der Waals surface area contributed by atoms with Crippen LogP contribution in [-0.2, 0) is 6.54 Å². The van der Waals surface area contributed by atoms with Gasteiger partial charge in [0.1, 0.15) is 0 Å². The van der Waals surface area contributed by atoms with Gasteiger partial charge in [-0.1, -0.05) is 24.3 Å². The van der Waals surface area contributed by atoms with Crippen molar-refractivity contribution in [2.45, 2.75) is 19.5 Å². The van der Waals surface area contributed by atoms with Crippen LogP contribution >= 0.6 is 0 Å². The normalized spacial score (nSPS) is 13.1. The van der Waals surface area contributed by atoms with Gasteiger partial charge in [-0.2, -0.15) is 0 Å². The van der Waals surface area contributed by atoms with E-state index in [1.807, 2.05) is 12.3 Å². The highest BCUT2D eigenvalue weighted by Crippen LogP contribution is 2.15. The van der Waals surface area contributed by atoms with Crippen LogP contribution in [0, 0.1) is 0 Å². The number of pyridine rings is 1. The lowest BCUT2D eigenvalue weighted by atomic mass is 10.1. The summed E-state index contributed by atoms with van der Waals surface area (Å²) in [6, 6.07) is 11.0. The third-order valence-electron chi connectivity index (χ3n) is 3.35. The first-order chi connectivity index (χ1) is 8.68. The molecule has 18 heavy (non-hydrogen) atoms. The van der Waals surface area contributed by atoms with Crippen LogP contribution in [0.2, 0.25) is 0 Å². The van der Waals surface area contributed by atoms with E-state index in [1.165, 1.54) is 10.9 Å². The Kier molecular flexibility index (Phi) is 4.28. The molecule has 0 fully saturated rings. The number of nitrogens with one attached hydrogen (secondary N) is 1. The van der Waals surface area contributed by atoms with Crippen molar-refractivity contribution in [2.24, 2.45) is 0 Å². The zero-order chi connectivity index (χ0) is 13.0. The molecule has 96 valence electrons. The Morgan fingerprint density at radius 3 is 2.78 bits per heavy atom. The van der Waals surface area contributed by atoms with Gasteiger partial charge in [0.2, 0.25) is 0 Å². The highest BCUT2D eigenvalue weighted by Gasteiger charge is 2.05. The number of hydrogen-bond acceptors (Lipinski definition) is 3. The summed E-state index contributed by atoms with van der Waals surface area (Å²) in [5, 5.41) is 4.70. The molecule has 0 aliphatic rings. The fraction of sp³-hybridized carbons (Fsp3) is 0.400. The van der Waals surface area contributed by atoms with E-state index in [2.05, 4.69) is 60.5 Å². The molecule has 0 radical (unpaired) electrons. The maximum absolute atomic E-state index is 4.46. The second-order valence-corrected chi connectivity index (χ2v) is 4.94. The number of likely N-dealkylation sites (N-methyl/N-ethyl adjacent to an activating group) is 1. The van der Waals surface area contributed by atoms with Gasteiger partial charge in [-0.3, -0.25) is 4.98 Å². The zero-order valence-corrected chi connectivity index (χ0v) is 11.4. The molecule has 3 heteroatoms. The molecule has 0 saturated heterocycles. The minimum Gasteiger partial charge on any atom is -0.311 e. The number of nitrogens with zero attached hydrogens (tertiary/aromatic N) is 2. The van der Waals surface area contributed by atoms with Crippen molar-refractivity contribution < 1.29 is 0 Å². The van der Waals surface area contributed by atoms with Crippen LogP contribution in [0.25, 0.3) is 10.9 Å². The quantitative estimate of drug-likeness (QED) is 0.873. The third kappa shape index (κ3) is 3.06. The lowest BCUT2D eigenvalue weighted by Crippen LogP contribution is -2.35. The molecule has 3 nitrogen and oxygen atoms in total. The number of hydrogen-bond donors (Lipinski definition) is 1. The molecule has 0 aliphatic carbocycles. The van der Waals surface area contributed by atoms with Crippen LogP contribution in [0.1, 0.15) is 12.5 Å². The minimum absolute atomic E-state index is 0.535. The Morgan fingerprint density at radius 2 is 2.00 bits per heavy atom. The number of rotatable bonds is 5. The fourth-order valence-electron chi connectivity index (χ4n) is 1.91. The van der Waals surface area contributed by atoms with Crippen LogP contribution in [0.5, 0.6) is 0 Å². The van der Waals surface area contributed by atoms with Gasteiger partial charge in [0.05, 0.1) is 5.52 Å². The second kappa shape index (κ2) is 5.94. The summed E-state index contributed by atoms with van der Waals surface area (Å²) < 4.78 is 0. The van der Waals surface area contributed by atoms with Crippen molar-refractivity contribution >= 4 is 10.9 Å². The molecule has 1 unspecified atom stereocenters. The van der Waals surface area contributed by atoms with Gasteiger partial charge >= 0.3 is 0 Å². The Bertz CT molecular complexity index is 503. The maximum Gasteiger partial charge on any atom is 0.0746 e. The van der Waals surface area contributed by atoms with Crippen LogP contribution in [0.15, 0.2) is 36.5 Å². The highest BCUT2D eigenvalue weighted by atomic mass is 15.1. The van der Waals surface area contributed by atoms with Gasteiger partial charge in [0, 0.05) is 30.7 Å². The first kappa shape index (κ1) is 13.0. The van der Waals surface area contributed by atoms with Crippen LogP contribution in [0.3, 0.4) is 0 Å². The monoisotopic (exact) mass is 243 g/mol. The van der Waals surface area contributed by atoms with E-state index >= 15 is 0 Å². The summed E-state index contributed by atoms with van der Waals surface area (Å²) >= 11 is 0. The predicted octanol–water partition coefficient (Wildman–Crippen LogP) is 2.27. The second-order valence-electron chi connectivity index (χ2n) is 4.94. The van der Waals surface area contributed by atoms with Crippen molar-refractivity contribution in [2.75, 3.05) is 20.6 Å². The maximum atomic E-state index is 4.46. The molecule has 1 heterocycles. The fourth-order valence-corrected chi connectivity index (χ4v) is 1.91. The Morgan fingerprint density at radius 1 is 1.22 bits per heavy atom. The summed E-state index contributed by atoms with van der Waals surface area (Å²) in [6.07, 6.45) is 1.86. The molecular weight excluding hydrogens is 222 g/mol. The summed E-state index contributed by atoms with van der Waals surface area (Å²) in [6.45, 7) is 4.07. The summed E-state index contributed by atoms with van der Waals surface area (Å²) in [5.74, 6) is 0. The zero-order valence-electron chi connectivity index (χ0n) is 11.4. The Hall–Kier alpha value is -1.45. The lowest BCUT2D eigenvalue weighted by molar-refractivity contribution is 0.303. The Balaban J connectivity index is 2.04. The number of aromatic nitrogens is 1. The van der Waals surface area contributed by atoms with Crippen LogP contribution in [-0.4, -0.2) is 36.6 Å². The predicted molar refractivity (Wildman–Crippen MR) is 76.6 cm³/mol. The molecule has 0 saturated carbocycles. The third-order valence-corrected chi connectivity index (χ3v) is 3.35. The van der Waals surface area contributed by atoms with Gasteiger partial charge in [-0.25, -0.2) is 0 Å². The standard InChI is InChI=1S/C15H21N3/c1-12(18(2)3)10-16-11-14-7-4-6-13-8-5-9-17-15(13)14/h4-9,12,16H,10-11H2,1-3H3. The first-order valence-electron chi connectivity index (χ1n) is 6.38. The van der Waals surface area contributed by atoms with Gasteiger partial charge in [0.25, 0.3) is 0 Å². The van der Waals surface area contributed by atoms with Crippen LogP contribution in [0.4, 0.5) is 0 Å². The number of benzene rings is 1.